The molecule has 0 unspecified atom stereocenters. The molecule has 1 aromatic carbocycles. The van der Waals surface area contributed by atoms with Crippen molar-refractivity contribution in [3.05, 3.63) is 57.3 Å². The van der Waals surface area contributed by atoms with Gasteiger partial charge in [-0.25, -0.2) is 4.79 Å². The maximum atomic E-state index is 12.2. The lowest BCUT2D eigenvalue weighted by Gasteiger charge is -2.15. The summed E-state index contributed by atoms with van der Waals surface area (Å²) in [6, 6.07) is 7.59. The van der Waals surface area contributed by atoms with Gasteiger partial charge in [0, 0.05) is 17.8 Å². The lowest BCUT2D eigenvalue weighted by atomic mass is 10.1. The number of nitrogens with zero attached hydrogens (tertiary/aromatic N) is 2. The van der Waals surface area contributed by atoms with Gasteiger partial charge in [-0.05, 0) is 50.5 Å². The van der Waals surface area contributed by atoms with Gasteiger partial charge in [0.05, 0.1) is 5.69 Å². The van der Waals surface area contributed by atoms with Gasteiger partial charge in [0.1, 0.15) is 0 Å². The number of rotatable bonds is 4. The highest BCUT2D eigenvalue weighted by molar-refractivity contribution is 5.67. The zero-order valence-electron chi connectivity index (χ0n) is 12.4. The second kappa shape index (κ2) is 5.91. The molecule has 0 aliphatic heterocycles. The lowest BCUT2D eigenvalue weighted by molar-refractivity contribution is -0.136. The molecule has 0 saturated heterocycles. The first-order chi connectivity index (χ1) is 9.90. The van der Waals surface area contributed by atoms with Gasteiger partial charge in [0.15, 0.2) is 0 Å². The van der Waals surface area contributed by atoms with Crippen molar-refractivity contribution in [1.82, 2.24) is 9.55 Å². The molecule has 5 nitrogen and oxygen atoms in total. The van der Waals surface area contributed by atoms with E-state index in [-0.39, 0.29) is 12.1 Å². The Kier molecular flexibility index (Phi) is 4.21. The minimum absolute atomic E-state index is 0.0232. The number of carbonyl (C=O) groups is 1. The number of carboxylic acids is 1. The predicted octanol–water partition coefficient (Wildman–Crippen LogP) is 2.17. The molecule has 0 aliphatic rings. The van der Waals surface area contributed by atoms with Gasteiger partial charge in [-0.3, -0.25) is 9.36 Å². The van der Waals surface area contributed by atoms with Crippen LogP contribution in [-0.2, 0) is 11.2 Å². The van der Waals surface area contributed by atoms with Crippen LogP contribution in [0.5, 0.6) is 0 Å². The molecule has 0 atom stereocenters. The fraction of sp³-hybridized carbons (Fsp3) is 0.312. The molecule has 1 N–H and O–H groups in total. The summed E-state index contributed by atoms with van der Waals surface area (Å²) in [6.45, 7) is 5.53. The van der Waals surface area contributed by atoms with E-state index < -0.39 is 5.97 Å². The van der Waals surface area contributed by atoms with Crippen LogP contribution < -0.4 is 5.69 Å². The van der Waals surface area contributed by atoms with Crippen LogP contribution in [0.4, 0.5) is 0 Å². The Bertz CT molecular complexity index is 748. The van der Waals surface area contributed by atoms with Gasteiger partial charge in [0.25, 0.3) is 0 Å². The summed E-state index contributed by atoms with van der Waals surface area (Å²) in [7, 11) is 0. The fourth-order valence-electron chi connectivity index (χ4n) is 2.47. The van der Waals surface area contributed by atoms with E-state index in [1.807, 2.05) is 38.1 Å². The molecule has 1 aromatic heterocycles. The average Bonchev–Trinajstić information content (AvgIpc) is 2.37. The molecule has 5 heteroatoms. The maximum Gasteiger partial charge on any atom is 0.352 e. The monoisotopic (exact) mass is 286 g/mol. The van der Waals surface area contributed by atoms with Crippen molar-refractivity contribution in [3.63, 3.8) is 0 Å². The normalized spacial score (nSPS) is 10.6. The Morgan fingerprint density at radius 2 is 2.00 bits per heavy atom. The Labute approximate surface area is 122 Å². The van der Waals surface area contributed by atoms with E-state index in [4.69, 9.17) is 5.11 Å². The minimum Gasteiger partial charge on any atom is -0.481 e. The summed E-state index contributed by atoms with van der Waals surface area (Å²) in [6.07, 6.45) is 0.390. The third kappa shape index (κ3) is 3.18. The lowest BCUT2D eigenvalue weighted by Crippen LogP contribution is -2.26. The Morgan fingerprint density at radius 1 is 1.29 bits per heavy atom. The number of aromatic nitrogens is 2. The van der Waals surface area contributed by atoms with Gasteiger partial charge >= 0.3 is 11.7 Å². The first kappa shape index (κ1) is 15.0. The fourth-order valence-corrected chi connectivity index (χ4v) is 2.47. The Balaban J connectivity index is 2.59. The van der Waals surface area contributed by atoms with Crippen molar-refractivity contribution in [3.8, 4) is 5.69 Å². The second-order valence-electron chi connectivity index (χ2n) is 5.11. The van der Waals surface area contributed by atoms with Crippen molar-refractivity contribution in [2.24, 2.45) is 0 Å². The number of hydrogen-bond acceptors (Lipinski definition) is 3. The van der Waals surface area contributed by atoms with Gasteiger partial charge in [-0.1, -0.05) is 12.1 Å². The van der Waals surface area contributed by atoms with Crippen molar-refractivity contribution < 1.29 is 9.90 Å². The van der Waals surface area contributed by atoms with Gasteiger partial charge in [0.2, 0.25) is 0 Å². The topological polar surface area (TPSA) is 72.2 Å². The third-order valence-corrected chi connectivity index (χ3v) is 3.51. The predicted molar refractivity (Wildman–Crippen MR) is 80.0 cm³/mol. The molecular formula is C16H18N2O3. The number of aryl methyl sites for hydroxylation is 2. The highest BCUT2D eigenvalue weighted by Crippen LogP contribution is 2.16. The van der Waals surface area contributed by atoms with Crippen LogP contribution in [0.3, 0.4) is 0 Å². The Hall–Kier alpha value is -2.43. The Morgan fingerprint density at radius 3 is 2.62 bits per heavy atom. The summed E-state index contributed by atoms with van der Waals surface area (Å²) < 4.78 is 1.54. The number of aliphatic carboxylic acids is 1. The molecule has 0 fully saturated rings. The van der Waals surface area contributed by atoms with Crippen molar-refractivity contribution >= 4 is 5.97 Å². The molecule has 0 spiro atoms. The zero-order valence-corrected chi connectivity index (χ0v) is 12.4. The number of benzene rings is 1. The maximum absolute atomic E-state index is 12.2. The molecule has 0 saturated carbocycles. The number of hydrogen-bond donors (Lipinski definition) is 1. The SMILES string of the molecule is Cc1cccc(-n2c(C)c(CCC(=O)O)c(C)nc2=O)c1. The highest BCUT2D eigenvalue weighted by atomic mass is 16.4. The van der Waals surface area contributed by atoms with Crippen molar-refractivity contribution in [1.29, 1.82) is 0 Å². The third-order valence-electron chi connectivity index (χ3n) is 3.51. The van der Waals surface area contributed by atoms with Crippen LogP contribution in [0, 0.1) is 20.8 Å². The van der Waals surface area contributed by atoms with E-state index in [9.17, 15) is 9.59 Å². The standard InChI is InChI=1S/C16H18N2O3/c1-10-5-4-6-13(9-10)18-12(3)14(7-8-15(19)20)11(2)17-16(18)21/h4-6,9H,7-8H2,1-3H3,(H,19,20). The molecule has 21 heavy (non-hydrogen) atoms. The van der Waals surface area contributed by atoms with Crippen LogP contribution in [0.25, 0.3) is 5.69 Å². The van der Waals surface area contributed by atoms with E-state index >= 15 is 0 Å². The second-order valence-corrected chi connectivity index (χ2v) is 5.11. The molecule has 2 rings (SSSR count). The zero-order chi connectivity index (χ0) is 15.6. The summed E-state index contributed by atoms with van der Waals surface area (Å²) in [5, 5.41) is 8.84. The van der Waals surface area contributed by atoms with Gasteiger partial charge < -0.3 is 5.11 Å². The highest BCUT2D eigenvalue weighted by Gasteiger charge is 2.14. The molecular weight excluding hydrogens is 268 g/mol. The minimum atomic E-state index is -0.859. The summed E-state index contributed by atoms with van der Waals surface area (Å²) >= 11 is 0. The average molecular weight is 286 g/mol. The van der Waals surface area contributed by atoms with Crippen molar-refractivity contribution in [2.45, 2.75) is 33.6 Å². The van der Waals surface area contributed by atoms with Crippen LogP contribution in [0.1, 0.15) is 28.9 Å². The summed E-state index contributed by atoms with van der Waals surface area (Å²) in [5.41, 5.74) is 3.63. The molecule has 0 amide bonds. The van der Waals surface area contributed by atoms with E-state index in [1.54, 1.807) is 6.92 Å². The summed E-state index contributed by atoms with van der Waals surface area (Å²) in [5.74, 6) is -0.859. The van der Waals surface area contributed by atoms with Crippen LogP contribution in [0.2, 0.25) is 0 Å². The van der Waals surface area contributed by atoms with Crippen LogP contribution in [0.15, 0.2) is 29.1 Å². The van der Waals surface area contributed by atoms with E-state index in [0.29, 0.717) is 12.1 Å². The van der Waals surface area contributed by atoms with E-state index in [1.165, 1.54) is 4.57 Å². The molecule has 0 bridgehead atoms. The molecule has 110 valence electrons. The van der Waals surface area contributed by atoms with Gasteiger partial charge in [-0.15, -0.1) is 0 Å². The molecule has 0 aliphatic carbocycles. The molecule has 0 radical (unpaired) electrons. The van der Waals surface area contributed by atoms with E-state index in [2.05, 4.69) is 4.98 Å². The van der Waals surface area contributed by atoms with Crippen molar-refractivity contribution in [2.75, 3.05) is 0 Å². The van der Waals surface area contributed by atoms with Crippen LogP contribution >= 0.6 is 0 Å². The molecule has 1 heterocycles. The quantitative estimate of drug-likeness (QED) is 0.935. The first-order valence-corrected chi connectivity index (χ1v) is 6.78. The van der Waals surface area contributed by atoms with E-state index in [0.717, 1.165) is 22.5 Å². The van der Waals surface area contributed by atoms with Gasteiger partial charge in [-0.2, -0.15) is 4.98 Å². The largest absolute Gasteiger partial charge is 0.481 e. The van der Waals surface area contributed by atoms with Crippen LogP contribution in [-0.4, -0.2) is 20.6 Å². The summed E-state index contributed by atoms with van der Waals surface area (Å²) in [4.78, 5) is 27.0. The number of carboxylic acid groups (broad SMARTS) is 1. The smallest absolute Gasteiger partial charge is 0.352 e. The first-order valence-electron chi connectivity index (χ1n) is 6.78. The molecule has 2 aromatic rings.